The first-order valence-electron chi connectivity index (χ1n) is 29.1. The highest BCUT2D eigenvalue weighted by Gasteiger charge is 2.18. The van der Waals surface area contributed by atoms with E-state index in [4.69, 9.17) is 4.74 Å². The molecular weight excluding hydrogens is 827 g/mol. The first kappa shape index (κ1) is 64.6. The molecule has 0 fully saturated rings. The number of esters is 1. The molecule has 0 aliphatic rings. The Labute approximate surface area is 416 Å². The van der Waals surface area contributed by atoms with Gasteiger partial charge in [-0.3, -0.25) is 9.59 Å². The lowest BCUT2D eigenvalue weighted by Gasteiger charge is -2.20. The van der Waals surface area contributed by atoms with E-state index in [0.29, 0.717) is 19.4 Å². The summed E-state index contributed by atoms with van der Waals surface area (Å²) in [5.74, 6) is -0.0802. The molecule has 0 heterocycles. The highest BCUT2D eigenvalue weighted by atomic mass is 16.5. The Morgan fingerprint density at radius 1 is 0.418 bits per heavy atom. The zero-order valence-electron chi connectivity index (χ0n) is 44.4. The third-order valence-corrected chi connectivity index (χ3v) is 13.0. The summed E-state index contributed by atoms with van der Waals surface area (Å²) in [6.07, 6.45) is 72.6. The van der Waals surface area contributed by atoms with Crippen LogP contribution in [0, 0.1) is 0 Å². The van der Waals surface area contributed by atoms with Crippen molar-refractivity contribution in [1.29, 1.82) is 0 Å². The fraction of sp³-hybridized carbons (Fsp3) is 0.803. The van der Waals surface area contributed by atoms with Crippen molar-refractivity contribution in [2.75, 3.05) is 13.2 Å². The summed E-state index contributed by atoms with van der Waals surface area (Å²) < 4.78 is 5.46. The van der Waals surface area contributed by atoms with Crippen LogP contribution in [0.3, 0.4) is 0 Å². The second-order valence-electron chi connectivity index (χ2n) is 19.6. The lowest BCUT2D eigenvalue weighted by atomic mass is 10.0. The minimum absolute atomic E-state index is 0.00613. The first-order valence-corrected chi connectivity index (χ1v) is 29.1. The van der Waals surface area contributed by atoms with E-state index < -0.39 is 12.1 Å². The molecule has 0 bridgehead atoms. The van der Waals surface area contributed by atoms with E-state index in [1.807, 2.05) is 6.08 Å². The fourth-order valence-electron chi connectivity index (χ4n) is 8.52. The van der Waals surface area contributed by atoms with Gasteiger partial charge in [-0.05, 0) is 89.9 Å². The van der Waals surface area contributed by atoms with Crippen molar-refractivity contribution in [3.8, 4) is 0 Å². The second kappa shape index (κ2) is 56.2. The lowest BCUT2D eigenvalue weighted by Crippen LogP contribution is -2.45. The number of carbonyl (C=O) groups is 2. The molecule has 2 unspecified atom stereocenters. The SMILES string of the molecule is CCC/C=C\C/C=C\CCCCCCCC(=O)OCCCCCCCCCCC/C=C\C/C=C\CCCCCCCCCCCCCC(=O)NC(CO)C(O)/C=C/CCCCCCCCCC. The Morgan fingerprint density at radius 3 is 1.19 bits per heavy atom. The molecule has 0 spiro atoms. The van der Waals surface area contributed by atoms with Gasteiger partial charge in [0, 0.05) is 12.8 Å². The highest BCUT2D eigenvalue weighted by Crippen LogP contribution is 2.15. The number of hydrogen-bond donors (Lipinski definition) is 3. The topological polar surface area (TPSA) is 95.9 Å². The van der Waals surface area contributed by atoms with Crippen LogP contribution in [0.2, 0.25) is 0 Å². The first-order chi connectivity index (χ1) is 33.0. The quantitative estimate of drug-likeness (QED) is 0.0321. The number of nitrogens with one attached hydrogen (secondary N) is 1. The predicted molar refractivity (Wildman–Crippen MR) is 292 cm³/mol. The Bertz CT molecular complexity index is 1170. The highest BCUT2D eigenvalue weighted by molar-refractivity contribution is 5.76. The van der Waals surface area contributed by atoms with Crippen LogP contribution in [-0.2, 0) is 14.3 Å². The van der Waals surface area contributed by atoms with Crippen molar-refractivity contribution < 1.29 is 24.5 Å². The van der Waals surface area contributed by atoms with Gasteiger partial charge in [0.15, 0.2) is 0 Å². The summed E-state index contributed by atoms with van der Waals surface area (Å²) in [7, 11) is 0. The van der Waals surface area contributed by atoms with Crippen LogP contribution in [0.4, 0.5) is 0 Å². The van der Waals surface area contributed by atoms with Gasteiger partial charge in [-0.1, -0.05) is 248 Å². The number of carbonyl (C=O) groups excluding carboxylic acids is 2. The van der Waals surface area contributed by atoms with E-state index in [-0.39, 0.29) is 18.5 Å². The standard InChI is InChI=1S/C61H111NO5/c1-3-5-7-9-11-13-15-31-35-39-43-47-51-55-61(66)67-56-52-48-44-40-36-33-30-28-26-24-22-20-18-16-17-19-21-23-25-27-29-32-34-38-42-46-50-54-60(65)62-58(57-63)59(64)53-49-45-41-37-14-12-10-8-6-4-2/h7,9,13,15-17,20,22,49,53,58-59,63-64H,3-6,8,10-12,14,18-19,21,23-48,50-52,54-57H2,1-2H3,(H,62,65)/b9-7-,15-13-,17-16-,22-20-,53-49+. The zero-order valence-corrected chi connectivity index (χ0v) is 44.4. The van der Waals surface area contributed by atoms with Crippen molar-refractivity contribution >= 4 is 11.9 Å². The third kappa shape index (κ3) is 52.8. The van der Waals surface area contributed by atoms with Gasteiger partial charge in [0.05, 0.1) is 25.4 Å². The number of hydrogen-bond acceptors (Lipinski definition) is 5. The van der Waals surface area contributed by atoms with E-state index in [2.05, 4.69) is 67.8 Å². The fourth-order valence-corrected chi connectivity index (χ4v) is 8.52. The Morgan fingerprint density at radius 2 is 0.776 bits per heavy atom. The molecular formula is C61H111NO5. The van der Waals surface area contributed by atoms with E-state index in [1.165, 1.54) is 205 Å². The molecule has 0 aliphatic carbocycles. The summed E-state index contributed by atoms with van der Waals surface area (Å²) in [6.45, 7) is 4.80. The molecule has 0 aromatic rings. The Hall–Kier alpha value is -2.44. The lowest BCUT2D eigenvalue weighted by molar-refractivity contribution is -0.143. The van der Waals surface area contributed by atoms with Crippen LogP contribution >= 0.6 is 0 Å². The molecule has 6 nitrogen and oxygen atoms in total. The normalized spacial score (nSPS) is 13.1. The van der Waals surface area contributed by atoms with Crippen molar-refractivity contribution in [3.05, 3.63) is 60.8 Å². The van der Waals surface area contributed by atoms with Gasteiger partial charge in [-0.15, -0.1) is 0 Å². The molecule has 0 aromatic heterocycles. The molecule has 0 rings (SSSR count). The van der Waals surface area contributed by atoms with E-state index in [0.717, 1.165) is 57.8 Å². The maximum absolute atomic E-state index is 12.4. The summed E-state index contributed by atoms with van der Waals surface area (Å²) in [4.78, 5) is 24.4. The molecule has 3 N–H and O–H groups in total. The molecule has 1 amide bonds. The van der Waals surface area contributed by atoms with Gasteiger partial charge in [0.1, 0.15) is 0 Å². The summed E-state index contributed by atoms with van der Waals surface area (Å²) in [5, 5.41) is 23.0. The maximum Gasteiger partial charge on any atom is 0.305 e. The van der Waals surface area contributed by atoms with Gasteiger partial charge in [-0.25, -0.2) is 0 Å². The minimum atomic E-state index is -0.845. The van der Waals surface area contributed by atoms with Crippen LogP contribution in [-0.4, -0.2) is 47.4 Å². The van der Waals surface area contributed by atoms with E-state index in [9.17, 15) is 19.8 Å². The molecule has 2 atom stereocenters. The summed E-state index contributed by atoms with van der Waals surface area (Å²) >= 11 is 0. The van der Waals surface area contributed by atoms with Crippen LogP contribution in [0.1, 0.15) is 290 Å². The third-order valence-electron chi connectivity index (χ3n) is 13.0. The number of rotatable bonds is 53. The van der Waals surface area contributed by atoms with Crippen molar-refractivity contribution in [1.82, 2.24) is 5.32 Å². The predicted octanol–water partition coefficient (Wildman–Crippen LogP) is 18.0. The van der Waals surface area contributed by atoms with E-state index >= 15 is 0 Å². The van der Waals surface area contributed by atoms with E-state index in [1.54, 1.807) is 6.08 Å². The maximum atomic E-state index is 12.4. The molecule has 0 radical (unpaired) electrons. The number of ether oxygens (including phenoxy) is 1. The minimum Gasteiger partial charge on any atom is -0.466 e. The molecule has 0 saturated heterocycles. The van der Waals surface area contributed by atoms with Gasteiger partial charge < -0.3 is 20.3 Å². The average Bonchev–Trinajstić information content (AvgIpc) is 3.33. The molecule has 6 heteroatoms. The van der Waals surface area contributed by atoms with Crippen molar-refractivity contribution in [3.63, 3.8) is 0 Å². The Balaban J connectivity index is 3.43. The Kier molecular flexibility index (Phi) is 54.1. The van der Waals surface area contributed by atoms with Gasteiger partial charge in [-0.2, -0.15) is 0 Å². The number of aliphatic hydroxyl groups excluding tert-OH is 2. The molecule has 0 aromatic carbocycles. The number of amides is 1. The van der Waals surface area contributed by atoms with Crippen molar-refractivity contribution in [2.45, 2.75) is 302 Å². The molecule has 0 aliphatic heterocycles. The monoisotopic (exact) mass is 938 g/mol. The number of unbranched alkanes of at least 4 members (excludes halogenated alkanes) is 34. The van der Waals surface area contributed by atoms with Crippen molar-refractivity contribution in [2.24, 2.45) is 0 Å². The van der Waals surface area contributed by atoms with Gasteiger partial charge in [0.25, 0.3) is 0 Å². The second-order valence-corrected chi connectivity index (χ2v) is 19.6. The van der Waals surface area contributed by atoms with Crippen LogP contribution < -0.4 is 5.32 Å². The molecule has 390 valence electrons. The smallest absolute Gasteiger partial charge is 0.305 e. The number of aliphatic hydroxyl groups is 2. The molecule has 0 saturated carbocycles. The van der Waals surface area contributed by atoms with Crippen LogP contribution in [0.5, 0.6) is 0 Å². The average molecular weight is 939 g/mol. The van der Waals surface area contributed by atoms with Gasteiger partial charge >= 0.3 is 5.97 Å². The molecule has 67 heavy (non-hydrogen) atoms. The zero-order chi connectivity index (χ0) is 48.6. The largest absolute Gasteiger partial charge is 0.466 e. The number of allylic oxidation sites excluding steroid dienone is 9. The van der Waals surface area contributed by atoms with Crippen LogP contribution in [0.25, 0.3) is 0 Å². The summed E-state index contributed by atoms with van der Waals surface area (Å²) in [5.41, 5.74) is 0. The summed E-state index contributed by atoms with van der Waals surface area (Å²) in [6, 6.07) is -0.629. The van der Waals surface area contributed by atoms with Crippen LogP contribution in [0.15, 0.2) is 60.8 Å². The van der Waals surface area contributed by atoms with Gasteiger partial charge in [0.2, 0.25) is 5.91 Å².